The number of aromatic nitrogens is 2. The summed E-state index contributed by atoms with van der Waals surface area (Å²) >= 11 is 6.77. The molecule has 1 saturated heterocycles. The molecule has 2 aliphatic rings. The van der Waals surface area contributed by atoms with Crippen LogP contribution in [0.3, 0.4) is 0 Å². The van der Waals surface area contributed by atoms with E-state index >= 15 is 0 Å². The number of hydrogen-bond donors (Lipinski definition) is 1. The van der Waals surface area contributed by atoms with Crippen LogP contribution >= 0.6 is 11.6 Å². The molecule has 1 spiro atoms. The van der Waals surface area contributed by atoms with Crippen LogP contribution in [0.4, 0.5) is 10.6 Å². The van der Waals surface area contributed by atoms with Crippen molar-refractivity contribution in [2.75, 3.05) is 11.9 Å². The normalized spacial score (nSPS) is 16.7. The highest BCUT2D eigenvalue weighted by molar-refractivity contribution is 6.33. The number of benzene rings is 5. The maximum absolute atomic E-state index is 14.6. The van der Waals surface area contributed by atoms with Gasteiger partial charge in [-0.3, -0.25) is 4.79 Å². The number of piperidine rings is 1. The molecule has 8 rings (SSSR count). The van der Waals surface area contributed by atoms with Crippen LogP contribution in [-0.2, 0) is 15.1 Å². The molecule has 1 aliphatic carbocycles. The maximum atomic E-state index is 14.6. The highest BCUT2D eigenvalue weighted by atomic mass is 35.5. The number of nitrogens with zero attached hydrogens (tertiary/aromatic N) is 4. The number of carbonyl (C=O) groups is 2. The van der Waals surface area contributed by atoms with Crippen molar-refractivity contribution in [1.29, 1.82) is 5.26 Å². The minimum atomic E-state index is -0.960. The Labute approximate surface area is 339 Å². The fourth-order valence-corrected chi connectivity index (χ4v) is 9.24. The summed E-state index contributed by atoms with van der Waals surface area (Å²) in [5.41, 5.74) is 3.80. The van der Waals surface area contributed by atoms with Gasteiger partial charge < -0.3 is 15.0 Å². The Morgan fingerprint density at radius 1 is 0.825 bits per heavy atom. The van der Waals surface area contributed by atoms with Crippen LogP contribution in [-0.4, -0.2) is 44.4 Å². The van der Waals surface area contributed by atoms with E-state index in [0.717, 1.165) is 59.9 Å². The molecular formula is C48H46ClN5O3. The van der Waals surface area contributed by atoms with E-state index in [4.69, 9.17) is 21.4 Å². The van der Waals surface area contributed by atoms with E-state index in [9.17, 15) is 14.9 Å². The number of likely N-dealkylation sites (tertiary alicyclic amines) is 1. The number of ether oxygens (including phenoxy) is 1. The summed E-state index contributed by atoms with van der Waals surface area (Å²) in [5.74, 6) is -0.292. The Balaban J connectivity index is 1.30. The molecule has 2 heterocycles. The first-order valence-corrected chi connectivity index (χ1v) is 20.1. The molecule has 1 aliphatic heterocycles. The molecule has 1 N–H and O–H groups in total. The molecule has 8 nitrogen and oxygen atoms in total. The van der Waals surface area contributed by atoms with Gasteiger partial charge in [-0.25, -0.2) is 9.48 Å². The zero-order chi connectivity index (χ0) is 39.8. The molecule has 1 aromatic heterocycles. The monoisotopic (exact) mass is 775 g/mol. The van der Waals surface area contributed by atoms with Crippen molar-refractivity contribution < 1.29 is 14.3 Å². The summed E-state index contributed by atoms with van der Waals surface area (Å²) in [4.78, 5) is 30.2. The van der Waals surface area contributed by atoms with Gasteiger partial charge >= 0.3 is 6.09 Å². The van der Waals surface area contributed by atoms with Gasteiger partial charge in [-0.1, -0.05) is 122 Å². The van der Waals surface area contributed by atoms with Gasteiger partial charge in [0, 0.05) is 28.1 Å². The van der Waals surface area contributed by atoms with Crippen LogP contribution in [0, 0.1) is 17.2 Å². The van der Waals surface area contributed by atoms with Gasteiger partial charge in [-0.2, -0.15) is 10.4 Å². The Bertz CT molecular complexity index is 2370. The van der Waals surface area contributed by atoms with Crippen molar-refractivity contribution in [2.24, 2.45) is 5.92 Å². The number of hydrogen-bond acceptors (Lipinski definition) is 5. The van der Waals surface area contributed by atoms with E-state index in [2.05, 4.69) is 47.8 Å². The lowest BCUT2D eigenvalue weighted by atomic mass is 9.77. The molecular weight excluding hydrogens is 730 g/mol. The maximum Gasteiger partial charge on any atom is 0.410 e. The van der Waals surface area contributed by atoms with Crippen LogP contribution in [0.25, 0.3) is 22.0 Å². The lowest BCUT2D eigenvalue weighted by Crippen LogP contribution is -2.57. The topological polar surface area (TPSA) is 100 Å². The van der Waals surface area contributed by atoms with Crippen molar-refractivity contribution in [2.45, 2.75) is 76.0 Å². The van der Waals surface area contributed by atoms with Gasteiger partial charge in [-0.15, -0.1) is 0 Å². The van der Waals surface area contributed by atoms with Crippen molar-refractivity contribution in [3.8, 4) is 17.2 Å². The largest absolute Gasteiger partial charge is 0.444 e. The number of carbonyl (C=O) groups excluding carboxylic acids is 2. The van der Waals surface area contributed by atoms with Crippen LogP contribution in [0.5, 0.6) is 0 Å². The Morgan fingerprint density at radius 2 is 1.42 bits per heavy atom. The van der Waals surface area contributed by atoms with E-state index < -0.39 is 17.1 Å². The second kappa shape index (κ2) is 15.2. The SMILES string of the molecule is CC(C)(C)OC(=O)N1CC(C(=O)Nc2nn(C(c3ccccc3)(c3ccccc3)c3ccccc3)c3ccc(-c4cc(C#N)ccc4Cl)cc23)CCC12CCCC2. The first kappa shape index (κ1) is 38.0. The number of amides is 2. The lowest BCUT2D eigenvalue weighted by molar-refractivity contribution is -0.123. The van der Waals surface area contributed by atoms with Crippen molar-refractivity contribution in [3.63, 3.8) is 0 Å². The Kier molecular flexibility index (Phi) is 10.1. The van der Waals surface area contributed by atoms with Crippen LogP contribution in [0.1, 0.15) is 81.5 Å². The van der Waals surface area contributed by atoms with Crippen molar-refractivity contribution in [1.82, 2.24) is 14.7 Å². The van der Waals surface area contributed by atoms with Crippen LogP contribution in [0.15, 0.2) is 127 Å². The molecule has 2 fully saturated rings. The minimum Gasteiger partial charge on any atom is -0.444 e. The predicted octanol–water partition coefficient (Wildman–Crippen LogP) is 11.0. The summed E-state index contributed by atoms with van der Waals surface area (Å²) in [6.07, 6.45) is 4.94. The van der Waals surface area contributed by atoms with E-state index in [1.165, 1.54) is 0 Å². The summed E-state index contributed by atoms with van der Waals surface area (Å²) in [6, 6.07) is 44.3. The first-order valence-electron chi connectivity index (χ1n) is 19.7. The molecule has 1 saturated carbocycles. The minimum absolute atomic E-state index is 0.206. The molecule has 9 heteroatoms. The van der Waals surface area contributed by atoms with Crippen LogP contribution < -0.4 is 5.32 Å². The van der Waals surface area contributed by atoms with E-state index in [1.54, 1.807) is 18.2 Å². The number of fused-ring (bicyclic) bond motifs is 1. The second-order valence-electron chi connectivity index (χ2n) is 16.4. The van der Waals surface area contributed by atoms with Crippen LogP contribution in [0.2, 0.25) is 5.02 Å². The lowest BCUT2D eigenvalue weighted by Gasteiger charge is -2.47. The van der Waals surface area contributed by atoms with Gasteiger partial charge in [0.15, 0.2) is 5.82 Å². The quantitative estimate of drug-likeness (QED) is 0.163. The van der Waals surface area contributed by atoms with Crippen molar-refractivity contribution >= 4 is 40.3 Å². The first-order chi connectivity index (χ1) is 27.5. The standard InChI is InChI=1S/C48H46ClN5O3/c1-46(2,3)57-45(56)53-32-35(25-28-47(53)26-13-14-27-47)44(55)51-43-40-30-34(39-29-33(31-50)21-23-41(39)49)22-24-42(40)54(52-43)48(36-15-7-4-8-16-36,37-17-9-5-10-18-37)38-19-11-6-12-20-38/h4-12,15-24,29-30,35H,13-14,25-28,32H2,1-3H3,(H,51,52,55). The average Bonchev–Trinajstić information content (AvgIpc) is 3.84. The number of rotatable bonds is 7. The summed E-state index contributed by atoms with van der Waals surface area (Å²) in [5, 5.41) is 19.6. The number of nitrogens with one attached hydrogen (secondary N) is 1. The third-order valence-electron chi connectivity index (χ3n) is 11.7. The number of halogens is 1. The molecule has 5 aromatic carbocycles. The second-order valence-corrected chi connectivity index (χ2v) is 16.8. The van der Waals surface area contributed by atoms with E-state index in [-0.39, 0.29) is 24.1 Å². The predicted molar refractivity (Wildman–Crippen MR) is 225 cm³/mol. The fourth-order valence-electron chi connectivity index (χ4n) is 9.01. The zero-order valence-corrected chi connectivity index (χ0v) is 33.3. The molecule has 1 atom stereocenters. The van der Waals surface area contributed by atoms with E-state index in [0.29, 0.717) is 33.8 Å². The van der Waals surface area contributed by atoms with Gasteiger partial charge in [0.1, 0.15) is 11.1 Å². The Morgan fingerprint density at radius 3 is 1.98 bits per heavy atom. The molecule has 1 unspecified atom stereocenters. The molecule has 57 heavy (non-hydrogen) atoms. The fraction of sp³-hybridized carbons (Fsp3) is 0.292. The smallest absolute Gasteiger partial charge is 0.410 e. The van der Waals surface area contributed by atoms with Crippen molar-refractivity contribution in [3.05, 3.63) is 155 Å². The van der Waals surface area contributed by atoms with E-state index in [1.807, 2.05) is 103 Å². The zero-order valence-electron chi connectivity index (χ0n) is 32.5. The summed E-state index contributed by atoms with van der Waals surface area (Å²) < 4.78 is 7.95. The third kappa shape index (κ3) is 7.06. The highest BCUT2D eigenvalue weighted by Crippen LogP contribution is 2.46. The van der Waals surface area contributed by atoms with Gasteiger partial charge in [0.2, 0.25) is 5.91 Å². The van der Waals surface area contributed by atoms with Gasteiger partial charge in [0.05, 0.1) is 23.1 Å². The highest BCUT2D eigenvalue weighted by Gasteiger charge is 2.49. The number of anilines is 1. The third-order valence-corrected chi connectivity index (χ3v) is 12.0. The molecule has 2 amide bonds. The summed E-state index contributed by atoms with van der Waals surface area (Å²) in [7, 11) is 0. The number of nitriles is 1. The average molecular weight is 776 g/mol. The molecule has 288 valence electrons. The Hall–Kier alpha value is -5.91. The molecule has 0 radical (unpaired) electrons. The summed E-state index contributed by atoms with van der Waals surface area (Å²) in [6.45, 7) is 5.89. The molecule has 0 bridgehead atoms. The van der Waals surface area contributed by atoms with Gasteiger partial charge in [-0.05, 0) is 99.0 Å². The van der Waals surface area contributed by atoms with Gasteiger partial charge in [0.25, 0.3) is 0 Å². The molecule has 6 aromatic rings.